The average molecular weight is 344 g/mol. The Morgan fingerprint density at radius 2 is 1.52 bits per heavy atom. The van der Waals surface area contributed by atoms with Crippen molar-refractivity contribution in [2.45, 2.75) is 63.3 Å². The van der Waals surface area contributed by atoms with E-state index in [0.717, 1.165) is 25.2 Å². The van der Waals surface area contributed by atoms with Gasteiger partial charge in [-0.15, -0.1) is 12.4 Å². The van der Waals surface area contributed by atoms with Crippen LogP contribution >= 0.6 is 12.4 Å². The summed E-state index contributed by atoms with van der Waals surface area (Å²) in [5.41, 5.74) is 5.40. The van der Waals surface area contributed by atoms with Crippen LogP contribution < -0.4 is 5.73 Å². The van der Waals surface area contributed by atoms with Gasteiger partial charge in [-0.2, -0.15) is 0 Å². The van der Waals surface area contributed by atoms with Crippen LogP contribution in [-0.4, -0.2) is 53.3 Å². The Bertz CT molecular complexity index is 426. The Morgan fingerprint density at radius 1 is 0.957 bits per heavy atom. The monoisotopic (exact) mass is 343 g/mol. The van der Waals surface area contributed by atoms with Crippen molar-refractivity contribution < 1.29 is 9.59 Å². The molecule has 1 heterocycles. The Morgan fingerprint density at radius 3 is 2.09 bits per heavy atom. The number of rotatable bonds is 4. The van der Waals surface area contributed by atoms with Crippen molar-refractivity contribution in [1.29, 1.82) is 0 Å². The molecule has 5 nitrogen and oxygen atoms in total. The van der Waals surface area contributed by atoms with Crippen LogP contribution in [0.5, 0.6) is 0 Å². The number of hydrogen-bond donors (Lipinski definition) is 1. The molecule has 0 aromatic heterocycles. The van der Waals surface area contributed by atoms with Gasteiger partial charge in [0, 0.05) is 32.6 Å². The minimum atomic E-state index is -0.576. The normalized spacial score (nSPS) is 24.0. The van der Waals surface area contributed by atoms with E-state index >= 15 is 0 Å². The van der Waals surface area contributed by atoms with Crippen molar-refractivity contribution >= 4 is 24.2 Å². The van der Waals surface area contributed by atoms with E-state index in [1.807, 2.05) is 9.80 Å². The molecule has 0 atom stereocenters. The summed E-state index contributed by atoms with van der Waals surface area (Å²) in [6, 6.07) is 0. The number of halogens is 1. The highest BCUT2D eigenvalue weighted by Crippen LogP contribution is 2.34. The van der Waals surface area contributed by atoms with Crippen LogP contribution in [0, 0.1) is 5.92 Å². The summed E-state index contributed by atoms with van der Waals surface area (Å²) in [5, 5.41) is 0. The molecule has 3 fully saturated rings. The van der Waals surface area contributed by atoms with Crippen LogP contribution in [-0.2, 0) is 9.59 Å². The van der Waals surface area contributed by atoms with Gasteiger partial charge in [-0.05, 0) is 25.2 Å². The van der Waals surface area contributed by atoms with Crippen LogP contribution in [0.25, 0.3) is 0 Å². The molecule has 0 aromatic carbocycles. The molecule has 0 bridgehead atoms. The molecule has 3 aliphatic rings. The molecule has 1 aliphatic heterocycles. The van der Waals surface area contributed by atoms with Gasteiger partial charge in [0.2, 0.25) is 11.8 Å². The largest absolute Gasteiger partial charge is 0.339 e. The van der Waals surface area contributed by atoms with Gasteiger partial charge in [0.1, 0.15) is 0 Å². The molecule has 3 rings (SSSR count). The highest BCUT2D eigenvalue weighted by Gasteiger charge is 2.48. The summed E-state index contributed by atoms with van der Waals surface area (Å²) < 4.78 is 0. The quantitative estimate of drug-likeness (QED) is 0.848. The standard InChI is InChI=1S/C17H29N3O2.ClH/c18-17(8-9-17)16(22)20-12-10-19(11-13-20)15(21)7-6-14-4-2-1-3-5-14;/h14H,1-13,18H2;1H. The first kappa shape index (κ1) is 18.5. The molecule has 6 heteroatoms. The molecule has 0 radical (unpaired) electrons. The molecule has 132 valence electrons. The lowest BCUT2D eigenvalue weighted by Crippen LogP contribution is -2.55. The zero-order valence-electron chi connectivity index (χ0n) is 14.0. The zero-order chi connectivity index (χ0) is 15.6. The van der Waals surface area contributed by atoms with Crippen LogP contribution in [0.4, 0.5) is 0 Å². The number of nitrogens with zero attached hydrogens (tertiary/aromatic N) is 2. The molecule has 2 N–H and O–H groups in total. The Balaban J connectivity index is 0.00000192. The molecular formula is C17H30ClN3O2. The summed E-state index contributed by atoms with van der Waals surface area (Å²) in [5.74, 6) is 1.11. The lowest BCUT2D eigenvalue weighted by Gasteiger charge is -2.36. The van der Waals surface area contributed by atoms with Gasteiger partial charge in [-0.1, -0.05) is 32.1 Å². The van der Waals surface area contributed by atoms with E-state index in [1.54, 1.807) is 0 Å². The van der Waals surface area contributed by atoms with Gasteiger partial charge in [0.05, 0.1) is 5.54 Å². The predicted molar refractivity (Wildman–Crippen MR) is 92.4 cm³/mol. The van der Waals surface area contributed by atoms with Gasteiger partial charge in [-0.25, -0.2) is 0 Å². The lowest BCUT2D eigenvalue weighted by atomic mass is 9.86. The molecule has 2 amide bonds. The van der Waals surface area contributed by atoms with E-state index in [9.17, 15) is 9.59 Å². The Hall–Kier alpha value is -0.810. The number of carbonyl (C=O) groups excluding carboxylic acids is 2. The van der Waals surface area contributed by atoms with Gasteiger partial charge in [-0.3, -0.25) is 9.59 Å². The van der Waals surface area contributed by atoms with E-state index in [2.05, 4.69) is 0 Å². The third kappa shape index (κ3) is 4.60. The van der Waals surface area contributed by atoms with E-state index in [1.165, 1.54) is 32.1 Å². The molecule has 23 heavy (non-hydrogen) atoms. The van der Waals surface area contributed by atoms with E-state index < -0.39 is 5.54 Å². The summed E-state index contributed by atoms with van der Waals surface area (Å²) >= 11 is 0. The fourth-order valence-corrected chi connectivity index (χ4v) is 3.78. The van der Waals surface area contributed by atoms with Gasteiger partial charge >= 0.3 is 0 Å². The van der Waals surface area contributed by atoms with Crippen LogP contribution in [0.1, 0.15) is 57.8 Å². The fraction of sp³-hybridized carbons (Fsp3) is 0.882. The van der Waals surface area contributed by atoms with Crippen molar-refractivity contribution in [3.05, 3.63) is 0 Å². The average Bonchev–Trinajstić information content (AvgIpc) is 3.32. The van der Waals surface area contributed by atoms with E-state index in [0.29, 0.717) is 32.6 Å². The van der Waals surface area contributed by atoms with Crippen LogP contribution in [0.2, 0.25) is 0 Å². The minimum absolute atomic E-state index is 0. The molecule has 0 spiro atoms. The number of amides is 2. The van der Waals surface area contributed by atoms with Crippen LogP contribution in [0.15, 0.2) is 0 Å². The minimum Gasteiger partial charge on any atom is -0.339 e. The predicted octanol–water partition coefficient (Wildman–Crippen LogP) is 1.93. The number of hydrogen-bond acceptors (Lipinski definition) is 3. The fourth-order valence-electron chi connectivity index (χ4n) is 3.78. The van der Waals surface area contributed by atoms with Crippen molar-refractivity contribution in [2.75, 3.05) is 26.2 Å². The van der Waals surface area contributed by atoms with Crippen LogP contribution in [0.3, 0.4) is 0 Å². The Kier molecular flexibility index (Phi) is 6.32. The number of nitrogens with two attached hydrogens (primary N) is 1. The number of piperazine rings is 1. The van der Waals surface area contributed by atoms with E-state index in [-0.39, 0.29) is 24.2 Å². The second-order valence-corrected chi connectivity index (χ2v) is 7.37. The van der Waals surface area contributed by atoms with Gasteiger partial charge in [0.25, 0.3) is 0 Å². The van der Waals surface area contributed by atoms with Crippen molar-refractivity contribution in [1.82, 2.24) is 9.80 Å². The Labute approximate surface area is 145 Å². The second-order valence-electron chi connectivity index (χ2n) is 7.37. The maximum Gasteiger partial charge on any atom is 0.242 e. The molecule has 2 saturated carbocycles. The maximum absolute atomic E-state index is 12.3. The molecular weight excluding hydrogens is 314 g/mol. The SMILES string of the molecule is Cl.NC1(C(=O)N2CCN(C(=O)CCC3CCCCC3)CC2)CC1. The zero-order valence-corrected chi connectivity index (χ0v) is 14.8. The lowest BCUT2D eigenvalue weighted by molar-refractivity contribution is -0.141. The summed E-state index contributed by atoms with van der Waals surface area (Å²) in [6.45, 7) is 2.64. The highest BCUT2D eigenvalue weighted by atomic mass is 35.5. The first-order valence-electron chi connectivity index (χ1n) is 8.94. The molecule has 2 aliphatic carbocycles. The second kappa shape index (κ2) is 7.84. The van der Waals surface area contributed by atoms with Gasteiger partial charge < -0.3 is 15.5 Å². The summed E-state index contributed by atoms with van der Waals surface area (Å²) in [6.07, 6.45) is 9.98. The molecule has 0 aromatic rings. The third-order valence-corrected chi connectivity index (χ3v) is 5.63. The smallest absolute Gasteiger partial charge is 0.242 e. The van der Waals surface area contributed by atoms with Crippen molar-refractivity contribution in [3.8, 4) is 0 Å². The molecule has 1 saturated heterocycles. The summed E-state index contributed by atoms with van der Waals surface area (Å²) in [4.78, 5) is 28.3. The first-order valence-corrected chi connectivity index (χ1v) is 8.94. The molecule has 0 unspecified atom stereocenters. The maximum atomic E-state index is 12.3. The van der Waals surface area contributed by atoms with E-state index in [4.69, 9.17) is 5.73 Å². The topological polar surface area (TPSA) is 66.6 Å². The number of carbonyl (C=O) groups is 2. The summed E-state index contributed by atoms with van der Waals surface area (Å²) in [7, 11) is 0. The van der Waals surface area contributed by atoms with Crippen molar-refractivity contribution in [3.63, 3.8) is 0 Å². The first-order chi connectivity index (χ1) is 10.6. The van der Waals surface area contributed by atoms with Gasteiger partial charge in [0.15, 0.2) is 0 Å². The van der Waals surface area contributed by atoms with Crippen molar-refractivity contribution in [2.24, 2.45) is 11.7 Å². The third-order valence-electron chi connectivity index (χ3n) is 5.63. The highest BCUT2D eigenvalue weighted by molar-refractivity contribution is 5.89.